The Hall–Kier alpha value is 0.387. The molecule has 0 unspecified atom stereocenters. The van der Waals surface area contributed by atoms with E-state index in [0.29, 0.717) is 12.8 Å². The second-order valence-electron chi connectivity index (χ2n) is 8.00. The van der Waals surface area contributed by atoms with Crippen LogP contribution in [0.2, 0.25) is 0 Å². The fourth-order valence-electron chi connectivity index (χ4n) is 3.39. The van der Waals surface area contributed by atoms with Gasteiger partial charge in [-0.2, -0.15) is 0 Å². The topological polar surface area (TPSA) is 43.4 Å². The Bertz CT molecular complexity index is 349. The number of ether oxygens (including phenoxy) is 1. The molecule has 0 rings (SSSR count). The summed E-state index contributed by atoms with van der Waals surface area (Å²) in [5.41, 5.74) is 0. The monoisotopic (exact) mass is 510 g/mol. The van der Waals surface area contributed by atoms with E-state index >= 15 is 0 Å². The van der Waals surface area contributed by atoms with Gasteiger partial charge in [0.2, 0.25) is 0 Å². The van der Waals surface area contributed by atoms with Crippen molar-refractivity contribution in [3.63, 3.8) is 0 Å². The second kappa shape index (κ2) is 28.4. The van der Waals surface area contributed by atoms with E-state index in [-0.39, 0.29) is 50.9 Å². The minimum absolute atomic E-state index is 0. The Labute approximate surface area is 206 Å². The Morgan fingerprint density at radius 2 is 0.690 bits per heavy atom. The third kappa shape index (κ3) is 28.4. The van der Waals surface area contributed by atoms with E-state index < -0.39 is 0 Å². The van der Waals surface area contributed by atoms with Crippen LogP contribution < -0.4 is 0 Å². The fourth-order valence-corrected chi connectivity index (χ4v) is 3.39. The summed E-state index contributed by atoms with van der Waals surface area (Å²) < 4.78 is 4.89. The van der Waals surface area contributed by atoms with Gasteiger partial charge in [-0.05, 0) is 12.8 Å². The van der Waals surface area contributed by atoms with Gasteiger partial charge in [0.05, 0.1) is 0 Å². The summed E-state index contributed by atoms with van der Waals surface area (Å²) in [4.78, 5) is 23.2. The van der Waals surface area contributed by atoms with Crippen molar-refractivity contribution in [2.24, 2.45) is 0 Å². The smallest absolute Gasteiger partial charge is 0.313 e. The minimum Gasteiger partial charge on any atom is -0.393 e. The Balaban J connectivity index is -0.00000338. The van der Waals surface area contributed by atoms with E-state index in [1.807, 2.05) is 0 Å². The van der Waals surface area contributed by atoms with Crippen molar-refractivity contribution in [3.05, 3.63) is 0 Å². The van der Waals surface area contributed by atoms with Crippen LogP contribution in [0.5, 0.6) is 0 Å². The standard InChI is InChI=1S/C24H46O3.2Zn/c1-3-5-7-9-10-11-12-13-14-15-16-18-20-22-24(26)27-23(25)21-19-17-8-6-4-2;;/h3-22H2,1-2H3;;. The molecule has 5 heteroatoms. The van der Waals surface area contributed by atoms with Gasteiger partial charge in [0.25, 0.3) is 0 Å². The van der Waals surface area contributed by atoms with Crippen molar-refractivity contribution in [2.45, 2.75) is 142 Å². The van der Waals surface area contributed by atoms with E-state index in [0.717, 1.165) is 32.1 Å². The van der Waals surface area contributed by atoms with Crippen molar-refractivity contribution in [1.82, 2.24) is 0 Å². The van der Waals surface area contributed by atoms with Crippen LogP contribution >= 0.6 is 0 Å². The van der Waals surface area contributed by atoms with Gasteiger partial charge < -0.3 is 4.74 Å². The molecule has 0 spiro atoms. The predicted molar refractivity (Wildman–Crippen MR) is 115 cm³/mol. The molecule has 0 radical (unpaired) electrons. The first kappa shape index (κ1) is 34.0. The molecular weight excluding hydrogens is 467 g/mol. The molecule has 0 N–H and O–H groups in total. The first-order valence-electron chi connectivity index (χ1n) is 11.9. The van der Waals surface area contributed by atoms with Crippen molar-refractivity contribution in [2.75, 3.05) is 0 Å². The zero-order chi connectivity index (χ0) is 20.0. The second-order valence-corrected chi connectivity index (χ2v) is 8.00. The number of rotatable bonds is 20. The molecule has 0 bridgehead atoms. The predicted octanol–water partition coefficient (Wildman–Crippen LogP) is 7.89. The zero-order valence-electron chi connectivity index (χ0n) is 19.8. The van der Waals surface area contributed by atoms with Gasteiger partial charge in [-0.15, -0.1) is 0 Å². The van der Waals surface area contributed by atoms with Crippen molar-refractivity contribution in [1.29, 1.82) is 0 Å². The summed E-state index contributed by atoms with van der Waals surface area (Å²) in [6, 6.07) is 0. The summed E-state index contributed by atoms with van der Waals surface area (Å²) in [6.45, 7) is 4.43. The van der Waals surface area contributed by atoms with Crippen molar-refractivity contribution < 1.29 is 53.3 Å². The molecular formula is C24H46O3Zn2. The Morgan fingerprint density at radius 1 is 0.448 bits per heavy atom. The van der Waals surface area contributed by atoms with Gasteiger partial charge in [0.1, 0.15) is 0 Å². The summed E-state index contributed by atoms with van der Waals surface area (Å²) in [5, 5.41) is 0. The maximum Gasteiger partial charge on any atom is 0.313 e. The summed E-state index contributed by atoms with van der Waals surface area (Å²) in [7, 11) is 0. The maximum atomic E-state index is 11.6. The van der Waals surface area contributed by atoms with Crippen molar-refractivity contribution in [3.8, 4) is 0 Å². The number of carbonyl (C=O) groups is 2. The first-order valence-corrected chi connectivity index (χ1v) is 11.9. The summed E-state index contributed by atoms with van der Waals surface area (Å²) >= 11 is 0. The largest absolute Gasteiger partial charge is 0.393 e. The SMILES string of the molecule is CCCCCCCCCCCCCCCC(=O)OC(=O)CCCCCCC.[Zn].[Zn]. The van der Waals surface area contributed by atoms with Crippen LogP contribution in [0.3, 0.4) is 0 Å². The fraction of sp³-hybridized carbons (Fsp3) is 0.917. The van der Waals surface area contributed by atoms with E-state index in [1.54, 1.807) is 0 Å². The molecule has 0 aromatic rings. The molecule has 0 aromatic heterocycles. The van der Waals surface area contributed by atoms with Gasteiger partial charge >= 0.3 is 11.9 Å². The van der Waals surface area contributed by atoms with Crippen LogP contribution in [0.15, 0.2) is 0 Å². The molecule has 0 fully saturated rings. The number of hydrogen-bond acceptors (Lipinski definition) is 3. The molecule has 164 valence electrons. The number of hydrogen-bond donors (Lipinski definition) is 0. The molecule has 0 aliphatic rings. The number of esters is 2. The van der Waals surface area contributed by atoms with Crippen molar-refractivity contribution >= 4 is 11.9 Å². The third-order valence-electron chi connectivity index (χ3n) is 5.20. The zero-order valence-corrected chi connectivity index (χ0v) is 25.7. The minimum atomic E-state index is -0.341. The van der Waals surface area contributed by atoms with Gasteiger partial charge in [-0.1, -0.05) is 117 Å². The third-order valence-corrected chi connectivity index (χ3v) is 5.20. The quantitative estimate of drug-likeness (QED) is 0.0720. The van der Waals surface area contributed by atoms with E-state index in [2.05, 4.69) is 13.8 Å². The molecule has 0 aromatic carbocycles. The molecule has 0 atom stereocenters. The molecule has 0 aliphatic heterocycles. The normalized spacial score (nSPS) is 10.1. The van der Waals surface area contributed by atoms with Crippen LogP contribution in [0.1, 0.15) is 142 Å². The van der Waals surface area contributed by atoms with Crippen LogP contribution in [0.4, 0.5) is 0 Å². The molecule has 0 saturated heterocycles. The Morgan fingerprint density at radius 3 is 0.966 bits per heavy atom. The number of carbonyl (C=O) groups excluding carboxylic acids is 2. The van der Waals surface area contributed by atoms with Gasteiger partial charge in [-0.25, -0.2) is 0 Å². The van der Waals surface area contributed by atoms with Gasteiger partial charge in [0.15, 0.2) is 0 Å². The molecule has 0 amide bonds. The van der Waals surface area contributed by atoms with Gasteiger partial charge in [-0.3, -0.25) is 9.59 Å². The summed E-state index contributed by atoms with van der Waals surface area (Å²) in [6.07, 6.45) is 23.0. The van der Waals surface area contributed by atoms with Crippen LogP contribution in [-0.2, 0) is 53.3 Å². The average Bonchev–Trinajstić information content (AvgIpc) is 2.65. The van der Waals surface area contributed by atoms with E-state index in [9.17, 15) is 9.59 Å². The van der Waals surface area contributed by atoms with Crippen LogP contribution in [0.25, 0.3) is 0 Å². The number of unbranched alkanes of at least 4 members (excludes halogenated alkanes) is 16. The average molecular weight is 513 g/mol. The summed E-state index contributed by atoms with van der Waals surface area (Å²) in [5.74, 6) is -0.678. The molecule has 29 heavy (non-hydrogen) atoms. The Kier molecular flexibility index (Phi) is 33.3. The van der Waals surface area contributed by atoms with Gasteiger partial charge in [0, 0.05) is 51.8 Å². The van der Waals surface area contributed by atoms with Crippen LogP contribution in [-0.4, -0.2) is 11.9 Å². The molecule has 3 nitrogen and oxygen atoms in total. The molecule has 0 heterocycles. The molecule has 0 aliphatic carbocycles. The van der Waals surface area contributed by atoms with E-state index in [4.69, 9.17) is 4.74 Å². The van der Waals surface area contributed by atoms with Crippen LogP contribution in [0, 0.1) is 0 Å². The molecule has 0 saturated carbocycles. The maximum absolute atomic E-state index is 11.6. The van der Waals surface area contributed by atoms with E-state index in [1.165, 1.54) is 83.5 Å². The first-order chi connectivity index (χ1) is 13.2.